The van der Waals surface area contributed by atoms with Crippen molar-refractivity contribution >= 4 is 34.3 Å². The van der Waals surface area contributed by atoms with Gasteiger partial charge in [0.15, 0.2) is 0 Å². The van der Waals surface area contributed by atoms with Gasteiger partial charge in [0.1, 0.15) is 5.82 Å². The molecule has 3 nitrogen and oxygen atoms in total. The van der Waals surface area contributed by atoms with Crippen LogP contribution in [-0.2, 0) is 18.8 Å². The molecule has 0 aliphatic heterocycles. The molecule has 0 amide bonds. The standard InChI is InChI=1S/C15H16ClN3S2/c16-10-12-11-21-14(18-12)5-1-2-7-19-8-6-17-15(19)13-4-3-9-20-13/h3-4,6,8-9,11H,1-2,5,7,10H2. The molecule has 0 atom stereocenters. The molecular formula is C15H16ClN3S2. The van der Waals surface area contributed by atoms with Crippen molar-refractivity contribution in [3.8, 4) is 10.7 Å². The molecule has 3 heterocycles. The maximum absolute atomic E-state index is 5.77. The SMILES string of the molecule is ClCc1csc(CCCCn2ccnc2-c2cccs2)n1. The molecule has 0 fully saturated rings. The van der Waals surface area contributed by atoms with E-state index in [9.17, 15) is 0 Å². The zero-order valence-corrected chi connectivity index (χ0v) is 13.9. The number of rotatable bonds is 7. The molecular weight excluding hydrogens is 322 g/mol. The first-order chi connectivity index (χ1) is 10.4. The first kappa shape index (κ1) is 14.8. The van der Waals surface area contributed by atoms with Crippen LogP contribution in [0.4, 0.5) is 0 Å². The number of hydrogen-bond donors (Lipinski definition) is 0. The summed E-state index contributed by atoms with van der Waals surface area (Å²) in [7, 11) is 0. The zero-order valence-electron chi connectivity index (χ0n) is 11.5. The number of unbranched alkanes of at least 4 members (excludes halogenated alkanes) is 1. The molecule has 0 saturated carbocycles. The Kier molecular flexibility index (Phi) is 5.06. The van der Waals surface area contributed by atoms with Crippen molar-refractivity contribution in [3.05, 3.63) is 46.0 Å². The van der Waals surface area contributed by atoms with Crippen molar-refractivity contribution in [1.82, 2.24) is 14.5 Å². The topological polar surface area (TPSA) is 30.7 Å². The normalized spacial score (nSPS) is 11.1. The summed E-state index contributed by atoms with van der Waals surface area (Å²) in [5.74, 6) is 1.58. The highest BCUT2D eigenvalue weighted by atomic mass is 35.5. The number of thiophene rings is 1. The molecule has 0 unspecified atom stereocenters. The van der Waals surface area contributed by atoms with Crippen molar-refractivity contribution in [2.24, 2.45) is 0 Å². The number of thiazole rings is 1. The number of hydrogen-bond acceptors (Lipinski definition) is 4. The molecule has 21 heavy (non-hydrogen) atoms. The first-order valence-electron chi connectivity index (χ1n) is 6.91. The molecule has 0 aromatic carbocycles. The van der Waals surface area contributed by atoms with Crippen LogP contribution in [0.1, 0.15) is 23.5 Å². The third kappa shape index (κ3) is 3.73. The van der Waals surface area contributed by atoms with Gasteiger partial charge in [-0.15, -0.1) is 34.3 Å². The lowest BCUT2D eigenvalue weighted by Crippen LogP contribution is -1.99. The summed E-state index contributed by atoms with van der Waals surface area (Å²) in [6.45, 7) is 1.00. The van der Waals surface area contributed by atoms with E-state index in [0.717, 1.165) is 37.3 Å². The number of aryl methyl sites for hydroxylation is 2. The minimum atomic E-state index is 0.510. The largest absolute Gasteiger partial charge is 0.330 e. The number of alkyl halides is 1. The van der Waals surface area contributed by atoms with Crippen LogP contribution in [0.15, 0.2) is 35.3 Å². The van der Waals surface area contributed by atoms with Crippen LogP contribution in [0.3, 0.4) is 0 Å². The average Bonchev–Trinajstić information content (AvgIpc) is 3.23. The average molecular weight is 338 g/mol. The van der Waals surface area contributed by atoms with E-state index in [4.69, 9.17) is 11.6 Å². The summed E-state index contributed by atoms with van der Waals surface area (Å²) < 4.78 is 2.23. The number of nitrogens with zero attached hydrogens (tertiary/aromatic N) is 3. The van der Waals surface area contributed by atoms with Gasteiger partial charge in [0.25, 0.3) is 0 Å². The predicted molar refractivity (Wildman–Crippen MR) is 90.1 cm³/mol. The van der Waals surface area contributed by atoms with Crippen LogP contribution in [-0.4, -0.2) is 14.5 Å². The second-order valence-electron chi connectivity index (χ2n) is 4.74. The molecule has 0 spiro atoms. The highest BCUT2D eigenvalue weighted by molar-refractivity contribution is 7.13. The Labute approximate surface area is 137 Å². The molecule has 0 radical (unpaired) electrons. The minimum Gasteiger partial charge on any atom is -0.330 e. The molecule has 110 valence electrons. The molecule has 0 bridgehead atoms. The van der Waals surface area contributed by atoms with E-state index >= 15 is 0 Å². The van der Waals surface area contributed by atoms with Crippen LogP contribution in [0.5, 0.6) is 0 Å². The maximum Gasteiger partial charge on any atom is 0.149 e. The predicted octanol–water partition coefficient (Wildman–Crippen LogP) is 4.83. The lowest BCUT2D eigenvalue weighted by molar-refractivity contribution is 0.613. The van der Waals surface area contributed by atoms with E-state index in [1.165, 1.54) is 9.88 Å². The number of halogens is 1. The third-order valence-electron chi connectivity index (χ3n) is 3.23. The van der Waals surface area contributed by atoms with Crippen molar-refractivity contribution in [2.75, 3.05) is 0 Å². The molecule has 0 aliphatic rings. The van der Waals surface area contributed by atoms with Crippen LogP contribution in [0.25, 0.3) is 10.7 Å². The highest BCUT2D eigenvalue weighted by Crippen LogP contribution is 2.23. The number of imidazole rings is 1. The first-order valence-corrected chi connectivity index (χ1v) is 9.20. The van der Waals surface area contributed by atoms with Gasteiger partial charge in [-0.2, -0.15) is 0 Å². The quantitative estimate of drug-likeness (QED) is 0.456. The Hall–Kier alpha value is -1.17. The smallest absolute Gasteiger partial charge is 0.149 e. The lowest BCUT2D eigenvalue weighted by Gasteiger charge is -2.05. The number of aromatic nitrogens is 3. The van der Waals surface area contributed by atoms with Gasteiger partial charge < -0.3 is 4.57 Å². The van der Waals surface area contributed by atoms with E-state index in [1.807, 2.05) is 11.6 Å². The van der Waals surface area contributed by atoms with E-state index < -0.39 is 0 Å². The molecule has 0 aliphatic carbocycles. The van der Waals surface area contributed by atoms with Gasteiger partial charge in [0.05, 0.1) is 21.5 Å². The fraction of sp³-hybridized carbons (Fsp3) is 0.333. The van der Waals surface area contributed by atoms with Gasteiger partial charge in [-0.3, -0.25) is 0 Å². The highest BCUT2D eigenvalue weighted by Gasteiger charge is 2.06. The molecule has 3 aromatic rings. The summed E-state index contributed by atoms with van der Waals surface area (Å²) >= 11 is 9.21. The molecule has 6 heteroatoms. The van der Waals surface area contributed by atoms with Crippen LogP contribution in [0.2, 0.25) is 0 Å². The lowest BCUT2D eigenvalue weighted by atomic mass is 10.2. The second kappa shape index (κ2) is 7.20. The van der Waals surface area contributed by atoms with E-state index in [0.29, 0.717) is 5.88 Å². The monoisotopic (exact) mass is 337 g/mol. The summed E-state index contributed by atoms with van der Waals surface area (Å²) in [5, 5.41) is 5.33. The zero-order chi connectivity index (χ0) is 14.5. The molecule has 0 saturated heterocycles. The molecule has 0 N–H and O–H groups in total. The van der Waals surface area contributed by atoms with Gasteiger partial charge in [0, 0.05) is 24.3 Å². The van der Waals surface area contributed by atoms with Crippen molar-refractivity contribution in [1.29, 1.82) is 0 Å². The fourth-order valence-corrected chi connectivity index (χ4v) is 4.01. The van der Waals surface area contributed by atoms with Gasteiger partial charge in [-0.1, -0.05) is 6.07 Å². The van der Waals surface area contributed by atoms with Crippen LogP contribution in [0, 0.1) is 0 Å². The summed E-state index contributed by atoms with van der Waals surface area (Å²) in [6.07, 6.45) is 7.24. The fourth-order valence-electron chi connectivity index (χ4n) is 2.20. The second-order valence-corrected chi connectivity index (χ2v) is 6.90. The van der Waals surface area contributed by atoms with E-state index in [-0.39, 0.29) is 0 Å². The van der Waals surface area contributed by atoms with Crippen molar-refractivity contribution in [2.45, 2.75) is 31.7 Å². The van der Waals surface area contributed by atoms with Crippen molar-refractivity contribution < 1.29 is 0 Å². The molecule has 3 rings (SSSR count). The van der Waals surface area contributed by atoms with Gasteiger partial charge >= 0.3 is 0 Å². The van der Waals surface area contributed by atoms with E-state index in [1.54, 1.807) is 22.7 Å². The summed E-state index contributed by atoms with van der Waals surface area (Å²) in [6, 6.07) is 4.18. The minimum absolute atomic E-state index is 0.510. The van der Waals surface area contributed by atoms with E-state index in [2.05, 4.69) is 38.2 Å². The van der Waals surface area contributed by atoms with Crippen LogP contribution < -0.4 is 0 Å². The van der Waals surface area contributed by atoms with Crippen LogP contribution >= 0.6 is 34.3 Å². The Morgan fingerprint density at radius 2 is 2.19 bits per heavy atom. The Morgan fingerprint density at radius 3 is 2.95 bits per heavy atom. The Balaban J connectivity index is 1.51. The molecule has 3 aromatic heterocycles. The summed E-state index contributed by atoms with van der Waals surface area (Å²) in [5.41, 5.74) is 0.992. The van der Waals surface area contributed by atoms with Gasteiger partial charge in [-0.05, 0) is 30.7 Å². The summed E-state index contributed by atoms with van der Waals surface area (Å²) in [4.78, 5) is 10.2. The Bertz CT molecular complexity index is 673. The van der Waals surface area contributed by atoms with Crippen molar-refractivity contribution in [3.63, 3.8) is 0 Å². The van der Waals surface area contributed by atoms with Gasteiger partial charge in [-0.25, -0.2) is 9.97 Å². The van der Waals surface area contributed by atoms with Gasteiger partial charge in [0.2, 0.25) is 0 Å². The third-order valence-corrected chi connectivity index (χ3v) is 5.33. The Morgan fingerprint density at radius 1 is 1.24 bits per heavy atom. The maximum atomic E-state index is 5.77.